The van der Waals surface area contributed by atoms with E-state index in [4.69, 9.17) is 11.6 Å². The number of hydrogen-bond donors (Lipinski definition) is 0. The third-order valence-electron chi connectivity index (χ3n) is 4.74. The Morgan fingerprint density at radius 1 is 0.840 bits per heavy atom. The molecule has 0 fully saturated rings. The zero-order valence-electron chi connectivity index (χ0n) is 15.1. The Morgan fingerprint density at radius 3 is 2.24 bits per heavy atom. The van der Waals surface area contributed by atoms with Crippen molar-refractivity contribution in [3.05, 3.63) is 71.4 Å². The molecule has 0 unspecified atom stereocenters. The fourth-order valence-corrected chi connectivity index (χ4v) is 3.54. The van der Waals surface area contributed by atoms with E-state index in [1.54, 1.807) is 0 Å². The number of rotatable bonds is 7. The largest absolute Gasteiger partial charge is 0.344 e. The van der Waals surface area contributed by atoms with Crippen LogP contribution in [0.2, 0.25) is 5.02 Å². The lowest BCUT2D eigenvalue weighted by Gasteiger charge is -2.14. The van der Waals surface area contributed by atoms with E-state index in [0.29, 0.717) is 0 Å². The lowest BCUT2D eigenvalue weighted by molar-refractivity contribution is 0.580. The molecule has 0 atom stereocenters. The normalized spacial score (nSPS) is 11.0. The maximum absolute atomic E-state index is 6.11. The van der Waals surface area contributed by atoms with E-state index in [-0.39, 0.29) is 0 Å². The van der Waals surface area contributed by atoms with E-state index in [1.165, 1.54) is 53.8 Å². The van der Waals surface area contributed by atoms with Crippen molar-refractivity contribution in [2.24, 2.45) is 0 Å². The van der Waals surface area contributed by atoms with Crippen molar-refractivity contribution in [3.63, 3.8) is 0 Å². The van der Waals surface area contributed by atoms with Crippen LogP contribution in [0.3, 0.4) is 0 Å². The van der Waals surface area contributed by atoms with Crippen molar-refractivity contribution >= 4 is 11.6 Å². The van der Waals surface area contributed by atoms with Crippen molar-refractivity contribution < 1.29 is 0 Å². The second-order valence-electron chi connectivity index (χ2n) is 6.63. The van der Waals surface area contributed by atoms with E-state index < -0.39 is 0 Å². The van der Waals surface area contributed by atoms with Gasteiger partial charge in [-0.1, -0.05) is 80.3 Å². The SMILES string of the molecule is CCCCCCn1c(C)cc(-c2ccccc2)c1-c1ccc(Cl)cc1. The van der Waals surface area contributed by atoms with Crippen LogP contribution in [0.25, 0.3) is 22.4 Å². The lowest BCUT2D eigenvalue weighted by atomic mass is 10.0. The summed E-state index contributed by atoms with van der Waals surface area (Å²) in [4.78, 5) is 0. The second-order valence-corrected chi connectivity index (χ2v) is 7.07. The Morgan fingerprint density at radius 2 is 1.56 bits per heavy atom. The zero-order valence-corrected chi connectivity index (χ0v) is 15.9. The first-order chi connectivity index (χ1) is 12.2. The molecule has 130 valence electrons. The molecule has 0 aliphatic rings. The van der Waals surface area contributed by atoms with Gasteiger partial charge < -0.3 is 4.57 Å². The molecule has 0 saturated heterocycles. The summed E-state index contributed by atoms with van der Waals surface area (Å²) < 4.78 is 2.47. The molecule has 0 radical (unpaired) electrons. The summed E-state index contributed by atoms with van der Waals surface area (Å²) in [5.41, 5.74) is 6.42. The lowest BCUT2D eigenvalue weighted by Crippen LogP contribution is -2.03. The van der Waals surface area contributed by atoms with Gasteiger partial charge in [0.1, 0.15) is 0 Å². The molecule has 0 bridgehead atoms. The highest BCUT2D eigenvalue weighted by atomic mass is 35.5. The molecule has 3 rings (SSSR count). The summed E-state index contributed by atoms with van der Waals surface area (Å²) in [7, 11) is 0. The van der Waals surface area contributed by atoms with E-state index in [1.807, 2.05) is 12.1 Å². The molecule has 25 heavy (non-hydrogen) atoms. The van der Waals surface area contributed by atoms with Crippen LogP contribution in [0.5, 0.6) is 0 Å². The number of halogens is 1. The monoisotopic (exact) mass is 351 g/mol. The highest BCUT2D eigenvalue weighted by Crippen LogP contribution is 2.36. The van der Waals surface area contributed by atoms with E-state index in [2.05, 4.69) is 66.9 Å². The van der Waals surface area contributed by atoms with Gasteiger partial charge in [0.15, 0.2) is 0 Å². The molecule has 0 spiro atoms. The maximum atomic E-state index is 6.11. The zero-order chi connectivity index (χ0) is 17.6. The first kappa shape index (κ1) is 17.8. The third kappa shape index (κ3) is 4.16. The Hall–Kier alpha value is -1.99. The summed E-state index contributed by atoms with van der Waals surface area (Å²) >= 11 is 6.11. The van der Waals surface area contributed by atoms with E-state index >= 15 is 0 Å². The minimum Gasteiger partial charge on any atom is -0.344 e. The number of aromatic nitrogens is 1. The molecule has 1 heterocycles. The summed E-state index contributed by atoms with van der Waals surface area (Å²) in [6, 6.07) is 21.2. The minimum atomic E-state index is 0.780. The van der Waals surface area contributed by atoms with Gasteiger partial charge in [-0.05, 0) is 42.7 Å². The Balaban J connectivity index is 2.05. The van der Waals surface area contributed by atoms with Crippen LogP contribution >= 0.6 is 11.6 Å². The van der Waals surface area contributed by atoms with Gasteiger partial charge >= 0.3 is 0 Å². The predicted molar refractivity (Wildman–Crippen MR) is 109 cm³/mol. The first-order valence-electron chi connectivity index (χ1n) is 9.22. The number of unbranched alkanes of at least 4 members (excludes halogenated alkanes) is 3. The molecule has 1 nitrogen and oxygen atoms in total. The molecule has 2 heteroatoms. The van der Waals surface area contributed by atoms with Crippen molar-refractivity contribution in [2.45, 2.75) is 46.1 Å². The van der Waals surface area contributed by atoms with Gasteiger partial charge in [-0.2, -0.15) is 0 Å². The second kappa shape index (κ2) is 8.40. The number of hydrogen-bond acceptors (Lipinski definition) is 0. The van der Waals surface area contributed by atoms with Crippen molar-refractivity contribution in [2.75, 3.05) is 0 Å². The summed E-state index contributed by atoms with van der Waals surface area (Å²) in [5, 5.41) is 0.780. The molecule has 0 amide bonds. The average molecular weight is 352 g/mol. The standard InChI is InChI=1S/C23H26ClN/c1-3-4-5-9-16-25-18(2)17-22(19-10-7-6-8-11-19)23(25)20-12-14-21(24)15-13-20/h6-8,10-15,17H,3-5,9,16H2,1-2H3. The maximum Gasteiger partial charge on any atom is 0.0562 e. The third-order valence-corrected chi connectivity index (χ3v) is 4.99. The van der Waals surface area contributed by atoms with Gasteiger partial charge in [0, 0.05) is 22.8 Å². The summed E-state index contributed by atoms with van der Waals surface area (Å²) in [6.45, 7) is 5.54. The van der Waals surface area contributed by atoms with Crippen LogP contribution in [0.4, 0.5) is 0 Å². The first-order valence-corrected chi connectivity index (χ1v) is 9.60. The van der Waals surface area contributed by atoms with Crippen LogP contribution in [0.15, 0.2) is 60.7 Å². The quantitative estimate of drug-likeness (QED) is 0.392. The average Bonchev–Trinajstić information content (AvgIpc) is 2.97. The molecular formula is C23H26ClN. The molecule has 0 N–H and O–H groups in total. The van der Waals surface area contributed by atoms with Crippen molar-refractivity contribution in [1.82, 2.24) is 4.57 Å². The number of benzene rings is 2. The highest BCUT2D eigenvalue weighted by Gasteiger charge is 2.16. The van der Waals surface area contributed by atoms with Crippen LogP contribution < -0.4 is 0 Å². The van der Waals surface area contributed by atoms with Crippen LogP contribution in [-0.4, -0.2) is 4.57 Å². The number of nitrogens with zero attached hydrogens (tertiary/aromatic N) is 1. The molecule has 2 aromatic carbocycles. The highest BCUT2D eigenvalue weighted by molar-refractivity contribution is 6.30. The van der Waals surface area contributed by atoms with Gasteiger partial charge in [-0.15, -0.1) is 0 Å². The van der Waals surface area contributed by atoms with Gasteiger partial charge in [0.2, 0.25) is 0 Å². The van der Waals surface area contributed by atoms with Gasteiger partial charge in [-0.25, -0.2) is 0 Å². The smallest absolute Gasteiger partial charge is 0.0562 e. The Kier molecular flexibility index (Phi) is 5.99. The van der Waals surface area contributed by atoms with E-state index in [9.17, 15) is 0 Å². The Labute approximate surface area is 156 Å². The molecule has 1 aromatic heterocycles. The predicted octanol–water partition coefficient (Wildman–Crippen LogP) is 7.36. The molecule has 0 aliphatic carbocycles. The van der Waals surface area contributed by atoms with Gasteiger partial charge in [0.25, 0.3) is 0 Å². The van der Waals surface area contributed by atoms with Gasteiger partial charge in [0.05, 0.1) is 5.69 Å². The fraction of sp³-hybridized carbons (Fsp3) is 0.304. The molecule has 0 aliphatic heterocycles. The fourth-order valence-electron chi connectivity index (χ4n) is 3.42. The van der Waals surface area contributed by atoms with Crippen LogP contribution in [-0.2, 0) is 6.54 Å². The Bertz CT molecular complexity index is 800. The van der Waals surface area contributed by atoms with Gasteiger partial charge in [-0.3, -0.25) is 0 Å². The van der Waals surface area contributed by atoms with E-state index in [0.717, 1.165) is 11.6 Å². The summed E-state index contributed by atoms with van der Waals surface area (Å²) in [6.07, 6.45) is 5.08. The minimum absolute atomic E-state index is 0.780. The van der Waals surface area contributed by atoms with Crippen molar-refractivity contribution in [3.8, 4) is 22.4 Å². The van der Waals surface area contributed by atoms with Crippen LogP contribution in [0, 0.1) is 6.92 Å². The molecule has 0 saturated carbocycles. The van der Waals surface area contributed by atoms with Crippen LogP contribution in [0.1, 0.15) is 38.3 Å². The topological polar surface area (TPSA) is 4.93 Å². The molecular weight excluding hydrogens is 326 g/mol. The van der Waals surface area contributed by atoms with Crippen molar-refractivity contribution in [1.29, 1.82) is 0 Å². The number of aryl methyl sites for hydroxylation is 1. The molecule has 3 aromatic rings. The summed E-state index contributed by atoms with van der Waals surface area (Å²) in [5.74, 6) is 0.